The van der Waals surface area contributed by atoms with E-state index in [1.807, 2.05) is 4.68 Å². The van der Waals surface area contributed by atoms with E-state index in [2.05, 4.69) is 32.8 Å². The van der Waals surface area contributed by atoms with E-state index in [9.17, 15) is 0 Å². The summed E-state index contributed by atoms with van der Waals surface area (Å²) in [5, 5.41) is 4.26. The van der Waals surface area contributed by atoms with Gasteiger partial charge >= 0.3 is 0 Å². The van der Waals surface area contributed by atoms with Gasteiger partial charge in [0, 0.05) is 6.04 Å². The van der Waals surface area contributed by atoms with Crippen LogP contribution in [0, 0.1) is 5.92 Å². The molecule has 0 atom stereocenters. The van der Waals surface area contributed by atoms with Crippen molar-refractivity contribution < 1.29 is 0 Å². The Bertz CT molecular complexity index is 274. The summed E-state index contributed by atoms with van der Waals surface area (Å²) in [5.74, 6) is 0.622. The average Bonchev–Trinajstić information content (AvgIpc) is 2.32. The number of nitrogens with zero attached hydrogens (tertiary/aromatic N) is 2. The summed E-state index contributed by atoms with van der Waals surface area (Å²) < 4.78 is 2.01. The highest BCUT2D eigenvalue weighted by molar-refractivity contribution is 5.41. The van der Waals surface area contributed by atoms with Gasteiger partial charge in [0.2, 0.25) is 0 Å². The standard InChI is InChI=1S/C10H19N3/c1-7(2)5-10-9(11)6-12-13(10)8(3)4/h6-8H,5,11H2,1-4H3. The van der Waals surface area contributed by atoms with Gasteiger partial charge in [-0.3, -0.25) is 4.68 Å². The van der Waals surface area contributed by atoms with Crippen molar-refractivity contribution >= 4 is 5.69 Å². The Morgan fingerprint density at radius 3 is 2.46 bits per heavy atom. The molecule has 0 fully saturated rings. The maximum atomic E-state index is 5.84. The summed E-state index contributed by atoms with van der Waals surface area (Å²) in [5.41, 5.74) is 7.84. The van der Waals surface area contributed by atoms with Crippen molar-refractivity contribution in [1.82, 2.24) is 9.78 Å². The lowest BCUT2D eigenvalue weighted by Gasteiger charge is -2.13. The van der Waals surface area contributed by atoms with E-state index < -0.39 is 0 Å². The minimum atomic E-state index is 0.394. The molecule has 1 rings (SSSR count). The van der Waals surface area contributed by atoms with Crippen LogP contribution in [-0.2, 0) is 6.42 Å². The SMILES string of the molecule is CC(C)Cc1c(N)cnn1C(C)C. The molecule has 0 aromatic carbocycles. The fourth-order valence-electron chi connectivity index (χ4n) is 1.44. The Hall–Kier alpha value is -0.990. The average molecular weight is 181 g/mol. The van der Waals surface area contributed by atoms with Crippen LogP contribution in [0.25, 0.3) is 0 Å². The van der Waals surface area contributed by atoms with Crippen LogP contribution in [0.3, 0.4) is 0 Å². The van der Waals surface area contributed by atoms with Gasteiger partial charge < -0.3 is 5.73 Å². The number of nitrogens with two attached hydrogens (primary N) is 1. The second-order valence-corrected chi connectivity index (χ2v) is 4.18. The summed E-state index contributed by atoms with van der Waals surface area (Å²) in [7, 11) is 0. The number of hydrogen-bond donors (Lipinski definition) is 1. The Morgan fingerprint density at radius 1 is 1.38 bits per heavy atom. The molecule has 0 spiro atoms. The highest BCUT2D eigenvalue weighted by Crippen LogP contribution is 2.19. The Morgan fingerprint density at radius 2 is 2.00 bits per heavy atom. The predicted molar refractivity (Wildman–Crippen MR) is 55.6 cm³/mol. The zero-order valence-electron chi connectivity index (χ0n) is 8.91. The summed E-state index contributed by atoms with van der Waals surface area (Å²) in [6, 6.07) is 0.394. The van der Waals surface area contributed by atoms with E-state index in [0.717, 1.165) is 12.1 Å². The summed E-state index contributed by atoms with van der Waals surface area (Å²) >= 11 is 0. The van der Waals surface area contributed by atoms with Crippen molar-refractivity contribution in [3.05, 3.63) is 11.9 Å². The molecule has 13 heavy (non-hydrogen) atoms. The summed E-state index contributed by atoms with van der Waals surface area (Å²) in [4.78, 5) is 0. The van der Waals surface area contributed by atoms with Gasteiger partial charge in [0.1, 0.15) is 0 Å². The third kappa shape index (κ3) is 2.23. The molecular weight excluding hydrogens is 162 g/mol. The van der Waals surface area contributed by atoms with Gasteiger partial charge in [0.25, 0.3) is 0 Å². The zero-order chi connectivity index (χ0) is 10.0. The Kier molecular flexibility index (Phi) is 2.96. The van der Waals surface area contributed by atoms with Gasteiger partial charge in [0.15, 0.2) is 0 Å². The third-order valence-electron chi connectivity index (χ3n) is 2.02. The van der Waals surface area contributed by atoms with E-state index in [4.69, 9.17) is 5.73 Å². The van der Waals surface area contributed by atoms with Crippen LogP contribution in [0.5, 0.6) is 0 Å². The van der Waals surface area contributed by atoms with Crippen molar-refractivity contribution in [3.63, 3.8) is 0 Å². The molecule has 0 aliphatic carbocycles. The minimum Gasteiger partial charge on any atom is -0.396 e. The molecule has 1 heterocycles. The molecule has 1 aromatic rings. The lowest BCUT2D eigenvalue weighted by Crippen LogP contribution is -2.10. The van der Waals surface area contributed by atoms with Crippen molar-refractivity contribution in [1.29, 1.82) is 0 Å². The van der Waals surface area contributed by atoms with Crippen LogP contribution >= 0.6 is 0 Å². The minimum absolute atomic E-state index is 0.394. The van der Waals surface area contributed by atoms with Gasteiger partial charge in [-0.05, 0) is 26.2 Å². The number of aromatic nitrogens is 2. The van der Waals surface area contributed by atoms with Gasteiger partial charge in [-0.2, -0.15) is 5.10 Å². The van der Waals surface area contributed by atoms with Crippen LogP contribution in [0.2, 0.25) is 0 Å². The van der Waals surface area contributed by atoms with Crippen LogP contribution in [0.1, 0.15) is 39.4 Å². The molecule has 3 nitrogen and oxygen atoms in total. The van der Waals surface area contributed by atoms with E-state index in [1.54, 1.807) is 6.20 Å². The van der Waals surface area contributed by atoms with E-state index in [0.29, 0.717) is 12.0 Å². The van der Waals surface area contributed by atoms with E-state index >= 15 is 0 Å². The molecule has 0 aliphatic rings. The van der Waals surface area contributed by atoms with Crippen molar-refractivity contribution in [2.24, 2.45) is 5.92 Å². The molecule has 0 radical (unpaired) electrons. The van der Waals surface area contributed by atoms with Gasteiger partial charge in [-0.1, -0.05) is 13.8 Å². The number of hydrogen-bond acceptors (Lipinski definition) is 2. The summed E-state index contributed by atoms with van der Waals surface area (Å²) in [6.07, 6.45) is 2.75. The topological polar surface area (TPSA) is 43.8 Å². The van der Waals surface area contributed by atoms with Crippen LogP contribution in [0.4, 0.5) is 5.69 Å². The first-order chi connectivity index (χ1) is 6.02. The molecular formula is C10H19N3. The molecule has 0 amide bonds. The second-order valence-electron chi connectivity index (χ2n) is 4.18. The largest absolute Gasteiger partial charge is 0.396 e. The molecule has 0 unspecified atom stereocenters. The summed E-state index contributed by atoms with van der Waals surface area (Å²) in [6.45, 7) is 8.63. The Labute approximate surface area is 79.9 Å². The van der Waals surface area contributed by atoms with Gasteiger partial charge in [-0.25, -0.2) is 0 Å². The number of anilines is 1. The lowest BCUT2D eigenvalue weighted by molar-refractivity contribution is 0.489. The quantitative estimate of drug-likeness (QED) is 0.777. The van der Waals surface area contributed by atoms with Crippen molar-refractivity contribution in [3.8, 4) is 0 Å². The number of rotatable bonds is 3. The third-order valence-corrected chi connectivity index (χ3v) is 2.02. The molecule has 0 aliphatic heterocycles. The van der Waals surface area contributed by atoms with Gasteiger partial charge in [0.05, 0.1) is 17.6 Å². The van der Waals surface area contributed by atoms with Crippen LogP contribution < -0.4 is 5.73 Å². The van der Waals surface area contributed by atoms with Gasteiger partial charge in [-0.15, -0.1) is 0 Å². The van der Waals surface area contributed by atoms with Crippen molar-refractivity contribution in [2.75, 3.05) is 5.73 Å². The first kappa shape index (κ1) is 10.1. The second kappa shape index (κ2) is 3.81. The highest BCUT2D eigenvalue weighted by Gasteiger charge is 2.11. The molecule has 3 heteroatoms. The lowest BCUT2D eigenvalue weighted by atomic mass is 10.1. The molecule has 0 bridgehead atoms. The monoisotopic (exact) mass is 181 g/mol. The zero-order valence-corrected chi connectivity index (χ0v) is 8.91. The Balaban J connectivity index is 2.94. The van der Waals surface area contributed by atoms with E-state index in [-0.39, 0.29) is 0 Å². The molecule has 0 saturated carbocycles. The van der Waals surface area contributed by atoms with Crippen LogP contribution in [-0.4, -0.2) is 9.78 Å². The first-order valence-electron chi connectivity index (χ1n) is 4.84. The first-order valence-corrected chi connectivity index (χ1v) is 4.84. The smallest absolute Gasteiger partial charge is 0.0733 e. The molecule has 2 N–H and O–H groups in total. The fraction of sp³-hybridized carbons (Fsp3) is 0.700. The fourth-order valence-corrected chi connectivity index (χ4v) is 1.44. The van der Waals surface area contributed by atoms with E-state index in [1.165, 1.54) is 5.69 Å². The van der Waals surface area contributed by atoms with Crippen LogP contribution in [0.15, 0.2) is 6.20 Å². The molecule has 1 aromatic heterocycles. The van der Waals surface area contributed by atoms with Crippen molar-refractivity contribution in [2.45, 2.75) is 40.2 Å². The normalized spacial score (nSPS) is 11.5. The molecule has 0 saturated heterocycles. The maximum absolute atomic E-state index is 5.84. The molecule has 74 valence electrons. The highest BCUT2D eigenvalue weighted by atomic mass is 15.3. The maximum Gasteiger partial charge on any atom is 0.0733 e. The number of nitrogen functional groups attached to an aromatic ring is 1. The predicted octanol–water partition coefficient (Wildman–Crippen LogP) is 2.24.